The number of thioether (sulfide) groups is 1. The van der Waals surface area contributed by atoms with E-state index < -0.39 is 11.2 Å². The van der Waals surface area contributed by atoms with Gasteiger partial charge in [-0.15, -0.1) is 11.8 Å². The van der Waals surface area contributed by atoms with Gasteiger partial charge >= 0.3 is 5.97 Å². The standard InChI is InChI=1S/C13H17NO5S/c1-8(13(16)17)20-7-12(15)14-10-5-4-9(18-2)6-11(10)19-3/h4-6,8H,7H2,1-3H3,(H,14,15)(H,16,17). The molecule has 0 bridgehead atoms. The Morgan fingerprint density at radius 3 is 2.60 bits per heavy atom. The van der Waals surface area contributed by atoms with Gasteiger partial charge in [0, 0.05) is 6.07 Å². The summed E-state index contributed by atoms with van der Waals surface area (Å²) >= 11 is 1.06. The van der Waals surface area contributed by atoms with Gasteiger partial charge < -0.3 is 19.9 Å². The molecule has 0 saturated heterocycles. The van der Waals surface area contributed by atoms with Gasteiger partial charge in [0.15, 0.2) is 0 Å². The molecule has 0 spiro atoms. The average molecular weight is 299 g/mol. The molecule has 0 radical (unpaired) electrons. The number of hydrogen-bond donors (Lipinski definition) is 2. The van der Waals surface area contributed by atoms with Gasteiger partial charge in [-0.05, 0) is 19.1 Å². The van der Waals surface area contributed by atoms with Crippen molar-refractivity contribution in [1.29, 1.82) is 0 Å². The number of ether oxygens (including phenoxy) is 2. The lowest BCUT2D eigenvalue weighted by atomic mass is 10.2. The Morgan fingerprint density at radius 2 is 2.05 bits per heavy atom. The first-order valence-electron chi connectivity index (χ1n) is 5.84. The van der Waals surface area contributed by atoms with E-state index in [1.807, 2.05) is 0 Å². The lowest BCUT2D eigenvalue weighted by Gasteiger charge is -2.12. The van der Waals surface area contributed by atoms with Crippen LogP contribution in [0.1, 0.15) is 6.92 Å². The van der Waals surface area contributed by atoms with Gasteiger partial charge in [-0.1, -0.05) is 0 Å². The van der Waals surface area contributed by atoms with Crippen LogP contribution < -0.4 is 14.8 Å². The van der Waals surface area contributed by atoms with Crippen molar-refractivity contribution >= 4 is 29.3 Å². The second kappa shape index (κ2) is 7.64. The Bertz CT molecular complexity index is 492. The molecule has 110 valence electrons. The fraction of sp³-hybridized carbons (Fsp3) is 0.385. The number of carbonyl (C=O) groups excluding carboxylic acids is 1. The average Bonchev–Trinajstić information content (AvgIpc) is 2.44. The SMILES string of the molecule is COc1ccc(NC(=O)CSC(C)C(=O)O)c(OC)c1. The minimum Gasteiger partial charge on any atom is -0.497 e. The number of carbonyl (C=O) groups is 2. The second-order valence-corrected chi connectivity index (χ2v) is 5.23. The molecule has 1 atom stereocenters. The van der Waals surface area contributed by atoms with Crippen molar-refractivity contribution in [3.05, 3.63) is 18.2 Å². The summed E-state index contributed by atoms with van der Waals surface area (Å²) in [4.78, 5) is 22.4. The molecule has 1 rings (SSSR count). The van der Waals surface area contributed by atoms with E-state index in [0.717, 1.165) is 11.8 Å². The summed E-state index contributed by atoms with van der Waals surface area (Å²) < 4.78 is 10.2. The highest BCUT2D eigenvalue weighted by atomic mass is 32.2. The fourth-order valence-electron chi connectivity index (χ4n) is 1.36. The highest BCUT2D eigenvalue weighted by Gasteiger charge is 2.14. The van der Waals surface area contributed by atoms with Crippen LogP contribution in [0.25, 0.3) is 0 Å². The van der Waals surface area contributed by atoms with Gasteiger partial charge in [0.1, 0.15) is 11.5 Å². The van der Waals surface area contributed by atoms with E-state index >= 15 is 0 Å². The minimum atomic E-state index is -0.940. The Balaban J connectivity index is 2.64. The van der Waals surface area contributed by atoms with E-state index in [9.17, 15) is 9.59 Å². The first kappa shape index (κ1) is 16.2. The number of benzene rings is 1. The Labute approximate surface area is 121 Å². The molecule has 0 heterocycles. The molecule has 7 heteroatoms. The summed E-state index contributed by atoms with van der Waals surface area (Å²) in [6, 6.07) is 5.02. The quantitative estimate of drug-likeness (QED) is 0.799. The molecular formula is C13H17NO5S. The zero-order valence-corrected chi connectivity index (χ0v) is 12.3. The van der Waals surface area contributed by atoms with Crippen LogP contribution in [-0.2, 0) is 9.59 Å². The van der Waals surface area contributed by atoms with Crippen LogP contribution in [0, 0.1) is 0 Å². The predicted octanol–water partition coefficient (Wildman–Crippen LogP) is 1.85. The molecule has 6 nitrogen and oxygen atoms in total. The largest absolute Gasteiger partial charge is 0.497 e. The second-order valence-electron chi connectivity index (χ2n) is 3.91. The molecule has 0 aromatic heterocycles. The number of carboxylic acid groups (broad SMARTS) is 1. The molecule has 0 aliphatic rings. The van der Waals surface area contributed by atoms with Crippen LogP contribution in [-0.4, -0.2) is 42.2 Å². The van der Waals surface area contributed by atoms with Crippen LogP contribution in [0.2, 0.25) is 0 Å². The maximum Gasteiger partial charge on any atom is 0.316 e. The number of methoxy groups -OCH3 is 2. The lowest BCUT2D eigenvalue weighted by Crippen LogP contribution is -2.19. The summed E-state index contributed by atoms with van der Waals surface area (Å²) in [6.45, 7) is 1.54. The van der Waals surface area contributed by atoms with E-state index in [0.29, 0.717) is 17.2 Å². The number of aliphatic carboxylic acids is 1. The van der Waals surface area contributed by atoms with Gasteiger partial charge in [0.05, 0.1) is 30.9 Å². The van der Waals surface area contributed by atoms with E-state index in [-0.39, 0.29) is 11.7 Å². The first-order chi connectivity index (χ1) is 9.47. The molecule has 1 amide bonds. The van der Waals surface area contributed by atoms with Crippen LogP contribution >= 0.6 is 11.8 Å². The number of carboxylic acids is 1. The lowest BCUT2D eigenvalue weighted by molar-refractivity contribution is -0.136. The van der Waals surface area contributed by atoms with Crippen molar-refractivity contribution in [3.63, 3.8) is 0 Å². The monoisotopic (exact) mass is 299 g/mol. The fourth-order valence-corrected chi connectivity index (χ4v) is 1.98. The summed E-state index contributed by atoms with van der Waals surface area (Å²) in [5.74, 6) is -0.0676. The molecule has 1 aromatic rings. The molecule has 1 aromatic carbocycles. The zero-order chi connectivity index (χ0) is 15.1. The molecule has 0 fully saturated rings. The normalized spacial score (nSPS) is 11.6. The van der Waals surface area contributed by atoms with Gasteiger partial charge in [-0.3, -0.25) is 9.59 Å². The topological polar surface area (TPSA) is 84.9 Å². The van der Waals surface area contributed by atoms with Crippen LogP contribution in [0.3, 0.4) is 0 Å². The van der Waals surface area contributed by atoms with Crippen molar-refractivity contribution in [3.8, 4) is 11.5 Å². The summed E-state index contributed by atoms with van der Waals surface area (Å²) in [5.41, 5.74) is 0.516. The van der Waals surface area contributed by atoms with E-state index in [2.05, 4.69) is 5.32 Å². The van der Waals surface area contributed by atoms with E-state index in [1.54, 1.807) is 18.2 Å². The molecule has 1 unspecified atom stereocenters. The van der Waals surface area contributed by atoms with Crippen molar-refractivity contribution < 1.29 is 24.2 Å². The number of rotatable bonds is 7. The molecule has 2 N–H and O–H groups in total. The molecule has 0 aliphatic heterocycles. The van der Waals surface area contributed by atoms with Crippen LogP contribution in [0.15, 0.2) is 18.2 Å². The number of anilines is 1. The summed E-state index contributed by atoms with van der Waals surface area (Å²) in [7, 11) is 3.03. The summed E-state index contributed by atoms with van der Waals surface area (Å²) in [5, 5.41) is 10.8. The minimum absolute atomic E-state index is 0.0582. The highest BCUT2D eigenvalue weighted by Crippen LogP contribution is 2.29. The van der Waals surface area contributed by atoms with Crippen molar-refractivity contribution in [2.24, 2.45) is 0 Å². The van der Waals surface area contributed by atoms with Crippen molar-refractivity contribution in [2.75, 3.05) is 25.3 Å². The molecule has 20 heavy (non-hydrogen) atoms. The third-order valence-corrected chi connectivity index (χ3v) is 3.63. The van der Waals surface area contributed by atoms with Gasteiger partial charge in [-0.2, -0.15) is 0 Å². The van der Waals surface area contributed by atoms with Gasteiger partial charge in [0.25, 0.3) is 0 Å². The highest BCUT2D eigenvalue weighted by molar-refractivity contribution is 8.01. The van der Waals surface area contributed by atoms with Crippen LogP contribution in [0.4, 0.5) is 5.69 Å². The Morgan fingerprint density at radius 1 is 1.35 bits per heavy atom. The van der Waals surface area contributed by atoms with Crippen molar-refractivity contribution in [2.45, 2.75) is 12.2 Å². The van der Waals surface area contributed by atoms with Gasteiger partial charge in [-0.25, -0.2) is 0 Å². The third kappa shape index (κ3) is 4.65. The molecule has 0 aliphatic carbocycles. The molecule has 0 saturated carbocycles. The Kier molecular flexibility index (Phi) is 6.17. The van der Waals surface area contributed by atoms with E-state index in [4.69, 9.17) is 14.6 Å². The van der Waals surface area contributed by atoms with E-state index in [1.165, 1.54) is 21.1 Å². The third-order valence-electron chi connectivity index (χ3n) is 2.49. The smallest absolute Gasteiger partial charge is 0.316 e. The number of amides is 1. The molecular weight excluding hydrogens is 282 g/mol. The van der Waals surface area contributed by atoms with Crippen LogP contribution in [0.5, 0.6) is 11.5 Å². The Hall–Kier alpha value is -1.89. The number of hydrogen-bond acceptors (Lipinski definition) is 5. The summed E-state index contributed by atoms with van der Waals surface area (Å²) in [6.07, 6.45) is 0. The first-order valence-corrected chi connectivity index (χ1v) is 6.89. The predicted molar refractivity (Wildman–Crippen MR) is 77.7 cm³/mol. The maximum absolute atomic E-state index is 11.8. The van der Waals surface area contributed by atoms with Crippen molar-refractivity contribution in [1.82, 2.24) is 0 Å². The maximum atomic E-state index is 11.8. The number of nitrogens with one attached hydrogen (secondary N) is 1. The zero-order valence-electron chi connectivity index (χ0n) is 11.5. The van der Waals surface area contributed by atoms with Gasteiger partial charge in [0.2, 0.25) is 5.91 Å².